The van der Waals surface area contributed by atoms with Gasteiger partial charge in [0.2, 0.25) is 0 Å². The van der Waals surface area contributed by atoms with Gasteiger partial charge in [-0.05, 0) is 65.5 Å². The van der Waals surface area contributed by atoms with Crippen LogP contribution in [0.4, 0.5) is 0 Å². The third-order valence-electron chi connectivity index (χ3n) is 3.35. The number of ether oxygens (including phenoxy) is 2. The summed E-state index contributed by atoms with van der Waals surface area (Å²) in [6.45, 7) is 6.20. The molecule has 1 aliphatic rings. The molecule has 2 amide bonds. The quantitative estimate of drug-likeness (QED) is 0.227. The monoisotopic (exact) mass is 472 g/mol. The average Bonchev–Trinajstić information content (AvgIpc) is 2.57. The van der Waals surface area contributed by atoms with Crippen LogP contribution in [0.2, 0.25) is 0 Å². The molecule has 1 heterocycles. The third-order valence-corrected chi connectivity index (χ3v) is 4.47. The fourth-order valence-electron chi connectivity index (χ4n) is 2.26. The van der Waals surface area contributed by atoms with Crippen LogP contribution in [0, 0.1) is 3.57 Å². The van der Waals surface area contributed by atoms with E-state index in [9.17, 15) is 9.59 Å². The van der Waals surface area contributed by atoms with E-state index >= 15 is 0 Å². The van der Waals surface area contributed by atoms with E-state index in [1.165, 1.54) is 18.1 Å². The molecule has 1 aromatic carbocycles. The van der Waals surface area contributed by atoms with Crippen LogP contribution in [0.3, 0.4) is 0 Å². The Morgan fingerprint density at radius 2 is 2.12 bits per heavy atom. The van der Waals surface area contributed by atoms with Crippen LogP contribution in [0.25, 0.3) is 6.08 Å². The number of hydrogen-bond acceptors (Lipinski definition) is 5. The number of nitrogens with one attached hydrogen (secondary N) is 1. The molecule has 8 heteroatoms. The van der Waals surface area contributed by atoms with Crippen LogP contribution in [-0.4, -0.2) is 42.1 Å². The van der Waals surface area contributed by atoms with E-state index in [0.29, 0.717) is 23.7 Å². The first kappa shape index (κ1) is 19.4. The molecule has 0 bridgehead atoms. The first-order valence-electron chi connectivity index (χ1n) is 7.43. The topological polar surface area (TPSA) is 67.9 Å². The molecule has 0 aromatic heterocycles. The summed E-state index contributed by atoms with van der Waals surface area (Å²) in [4.78, 5) is 26.0. The van der Waals surface area contributed by atoms with Gasteiger partial charge in [-0.15, -0.1) is 6.58 Å². The lowest BCUT2D eigenvalue weighted by Crippen LogP contribution is -2.53. The molecule has 1 N–H and O–H groups in total. The molecule has 2 rings (SSSR count). The fourth-order valence-corrected chi connectivity index (χ4v) is 3.29. The van der Waals surface area contributed by atoms with E-state index < -0.39 is 11.8 Å². The molecule has 0 radical (unpaired) electrons. The van der Waals surface area contributed by atoms with Crippen LogP contribution in [0.5, 0.6) is 11.5 Å². The van der Waals surface area contributed by atoms with E-state index in [1.54, 1.807) is 12.1 Å². The van der Waals surface area contributed by atoms with E-state index in [1.807, 2.05) is 13.0 Å². The minimum absolute atomic E-state index is 0.00235. The van der Waals surface area contributed by atoms with Crippen molar-refractivity contribution in [2.24, 2.45) is 0 Å². The van der Waals surface area contributed by atoms with Gasteiger partial charge in [0.1, 0.15) is 5.57 Å². The number of halogens is 1. The van der Waals surface area contributed by atoms with Crippen molar-refractivity contribution in [1.82, 2.24) is 10.2 Å². The average molecular weight is 472 g/mol. The zero-order chi connectivity index (χ0) is 18.6. The molecule has 0 saturated carbocycles. The van der Waals surface area contributed by atoms with E-state index in [0.717, 1.165) is 3.57 Å². The molecule has 0 spiro atoms. The number of amides is 2. The van der Waals surface area contributed by atoms with Gasteiger partial charge in [-0.2, -0.15) is 0 Å². The highest BCUT2D eigenvalue weighted by Crippen LogP contribution is 2.34. The first-order chi connectivity index (χ1) is 11.9. The SMILES string of the molecule is C=CCN1C(=O)C(=Cc2cc(I)c(OCC)c(OC)c2)C(=O)NC1=S. The largest absolute Gasteiger partial charge is 0.493 e. The number of benzene rings is 1. The lowest BCUT2D eigenvalue weighted by molar-refractivity contribution is -0.128. The Morgan fingerprint density at radius 3 is 2.72 bits per heavy atom. The molecule has 6 nitrogen and oxygen atoms in total. The van der Waals surface area contributed by atoms with Gasteiger partial charge in [-0.3, -0.25) is 19.8 Å². The Hall–Kier alpha value is -1.94. The Labute approximate surface area is 165 Å². The third kappa shape index (κ3) is 4.18. The maximum absolute atomic E-state index is 12.6. The van der Waals surface area contributed by atoms with Crippen molar-refractivity contribution in [2.75, 3.05) is 20.3 Å². The molecule has 1 fully saturated rings. The molecular weight excluding hydrogens is 455 g/mol. The molecule has 1 saturated heterocycles. The first-order valence-corrected chi connectivity index (χ1v) is 8.91. The van der Waals surface area contributed by atoms with Crippen molar-refractivity contribution in [3.05, 3.63) is 39.5 Å². The molecule has 132 valence electrons. The van der Waals surface area contributed by atoms with Crippen molar-refractivity contribution in [3.63, 3.8) is 0 Å². The highest BCUT2D eigenvalue weighted by Gasteiger charge is 2.32. The predicted molar refractivity (Wildman–Crippen MR) is 108 cm³/mol. The van der Waals surface area contributed by atoms with Crippen molar-refractivity contribution in [2.45, 2.75) is 6.92 Å². The van der Waals surface area contributed by atoms with Crippen LogP contribution >= 0.6 is 34.8 Å². The second-order valence-corrected chi connectivity index (χ2v) is 6.54. The van der Waals surface area contributed by atoms with Crippen LogP contribution in [0.1, 0.15) is 12.5 Å². The number of methoxy groups -OCH3 is 1. The summed E-state index contributed by atoms with van der Waals surface area (Å²) < 4.78 is 11.7. The Morgan fingerprint density at radius 1 is 1.40 bits per heavy atom. The van der Waals surface area contributed by atoms with Gasteiger partial charge in [-0.25, -0.2) is 0 Å². The summed E-state index contributed by atoms with van der Waals surface area (Å²) in [5, 5.41) is 2.59. The molecular formula is C17H17IN2O4S. The normalized spacial score (nSPS) is 16.0. The molecule has 25 heavy (non-hydrogen) atoms. The van der Waals surface area contributed by atoms with E-state index in [2.05, 4.69) is 34.5 Å². The molecule has 1 aromatic rings. The maximum atomic E-state index is 12.6. The summed E-state index contributed by atoms with van der Waals surface area (Å²) in [7, 11) is 1.54. The zero-order valence-electron chi connectivity index (χ0n) is 13.8. The number of carbonyl (C=O) groups is 2. The smallest absolute Gasteiger partial charge is 0.265 e. The van der Waals surface area contributed by atoms with Crippen LogP contribution < -0.4 is 14.8 Å². The summed E-state index contributed by atoms with van der Waals surface area (Å²) in [5.41, 5.74) is 0.645. The van der Waals surface area contributed by atoms with E-state index in [-0.39, 0.29) is 17.2 Å². The molecule has 0 aliphatic carbocycles. The molecule has 1 aliphatic heterocycles. The number of thiocarbonyl (C=S) groups is 1. The predicted octanol–water partition coefficient (Wildman–Crippen LogP) is 2.51. The maximum Gasteiger partial charge on any atom is 0.265 e. The summed E-state index contributed by atoms with van der Waals surface area (Å²) in [5.74, 6) is 0.166. The second kappa shape index (κ2) is 8.43. The van der Waals surface area contributed by atoms with Crippen molar-refractivity contribution >= 4 is 57.8 Å². The van der Waals surface area contributed by atoms with Crippen molar-refractivity contribution < 1.29 is 19.1 Å². The van der Waals surface area contributed by atoms with Gasteiger partial charge in [0.05, 0.1) is 17.3 Å². The van der Waals surface area contributed by atoms with Gasteiger partial charge >= 0.3 is 0 Å². The minimum Gasteiger partial charge on any atom is -0.493 e. The summed E-state index contributed by atoms with van der Waals surface area (Å²) >= 11 is 7.15. The minimum atomic E-state index is -0.529. The zero-order valence-corrected chi connectivity index (χ0v) is 16.8. The number of nitrogens with zero attached hydrogens (tertiary/aromatic N) is 1. The molecule has 0 unspecified atom stereocenters. The van der Waals surface area contributed by atoms with Gasteiger partial charge < -0.3 is 9.47 Å². The fraction of sp³-hybridized carbons (Fsp3) is 0.235. The van der Waals surface area contributed by atoms with Gasteiger partial charge in [-0.1, -0.05) is 6.08 Å². The van der Waals surface area contributed by atoms with E-state index in [4.69, 9.17) is 21.7 Å². The Kier molecular flexibility index (Phi) is 6.54. The second-order valence-electron chi connectivity index (χ2n) is 4.99. The standard InChI is InChI=1S/C17H17IN2O4S/c1-4-6-20-16(22)11(15(21)19-17(20)25)7-10-8-12(18)14(24-5-2)13(9-10)23-3/h4,7-9H,1,5-6H2,2-3H3,(H,19,21,25). The van der Waals surface area contributed by atoms with Crippen molar-refractivity contribution in [3.8, 4) is 11.5 Å². The Balaban J connectivity index is 2.46. The molecule has 0 atom stereocenters. The van der Waals surface area contributed by atoms with Gasteiger partial charge in [0.25, 0.3) is 11.8 Å². The van der Waals surface area contributed by atoms with Gasteiger partial charge in [0, 0.05) is 6.54 Å². The van der Waals surface area contributed by atoms with Gasteiger partial charge in [0.15, 0.2) is 16.6 Å². The lowest BCUT2D eigenvalue weighted by Gasteiger charge is -2.27. The highest BCUT2D eigenvalue weighted by atomic mass is 127. The summed E-state index contributed by atoms with van der Waals surface area (Å²) in [6.07, 6.45) is 3.05. The lowest BCUT2D eigenvalue weighted by atomic mass is 10.1. The van der Waals surface area contributed by atoms with Crippen LogP contribution in [-0.2, 0) is 9.59 Å². The van der Waals surface area contributed by atoms with Crippen molar-refractivity contribution in [1.29, 1.82) is 0 Å². The van der Waals surface area contributed by atoms with Crippen LogP contribution in [0.15, 0.2) is 30.4 Å². The number of rotatable bonds is 6. The Bertz CT molecular complexity index is 776. The number of carbonyl (C=O) groups excluding carboxylic acids is 2. The number of hydrogen-bond donors (Lipinski definition) is 1. The summed E-state index contributed by atoms with van der Waals surface area (Å²) in [6, 6.07) is 3.53. The highest BCUT2D eigenvalue weighted by molar-refractivity contribution is 14.1.